The molecule has 122 valence electrons. The number of anilines is 3. The third-order valence-corrected chi connectivity index (χ3v) is 4.19. The van der Waals surface area contributed by atoms with E-state index in [0.717, 1.165) is 25.1 Å². The van der Waals surface area contributed by atoms with Crippen molar-refractivity contribution in [2.24, 2.45) is 0 Å². The largest absolute Gasteiger partial charge is 0.340 e. The number of aromatic nitrogens is 4. The van der Waals surface area contributed by atoms with Crippen molar-refractivity contribution in [2.75, 3.05) is 23.3 Å². The lowest BCUT2D eigenvalue weighted by molar-refractivity contribution is 0.112. The fraction of sp³-hybridized carbons (Fsp3) is 0.294. The minimum Gasteiger partial charge on any atom is -0.340 e. The number of hydrogen-bond acceptors (Lipinski definition) is 6. The van der Waals surface area contributed by atoms with Gasteiger partial charge >= 0.3 is 0 Å². The van der Waals surface area contributed by atoms with Gasteiger partial charge in [-0.1, -0.05) is 0 Å². The Labute approximate surface area is 139 Å². The lowest BCUT2D eigenvalue weighted by atomic mass is 10.1. The molecule has 1 N–H and O–H groups in total. The summed E-state index contributed by atoms with van der Waals surface area (Å²) in [7, 11) is 0. The van der Waals surface area contributed by atoms with Crippen LogP contribution in [0.4, 0.5) is 17.5 Å². The first-order chi connectivity index (χ1) is 11.8. The van der Waals surface area contributed by atoms with Gasteiger partial charge in [0.2, 0.25) is 5.95 Å². The maximum atomic E-state index is 10.8. The first kappa shape index (κ1) is 14.6. The molecule has 7 heteroatoms. The molecule has 1 aromatic carbocycles. The van der Waals surface area contributed by atoms with Crippen LogP contribution in [0, 0.1) is 0 Å². The highest BCUT2D eigenvalue weighted by Crippen LogP contribution is 2.23. The Morgan fingerprint density at radius 3 is 2.62 bits per heavy atom. The van der Waals surface area contributed by atoms with Gasteiger partial charge in [0.25, 0.3) is 0 Å². The van der Waals surface area contributed by atoms with Crippen LogP contribution >= 0.6 is 0 Å². The van der Waals surface area contributed by atoms with Crippen molar-refractivity contribution in [3.05, 3.63) is 42.2 Å². The molecule has 3 aromatic rings. The van der Waals surface area contributed by atoms with E-state index in [-0.39, 0.29) is 0 Å². The minimum atomic E-state index is 0.642. The molecule has 1 aliphatic rings. The zero-order valence-electron chi connectivity index (χ0n) is 13.2. The maximum absolute atomic E-state index is 10.8. The van der Waals surface area contributed by atoms with E-state index in [1.807, 2.05) is 18.3 Å². The average molecular weight is 322 g/mol. The van der Waals surface area contributed by atoms with Crippen LogP contribution in [0.2, 0.25) is 0 Å². The normalized spacial score (nSPS) is 14.8. The molecule has 1 saturated heterocycles. The van der Waals surface area contributed by atoms with E-state index in [9.17, 15) is 4.79 Å². The number of nitrogens with zero attached hydrogens (tertiary/aromatic N) is 5. The Morgan fingerprint density at radius 1 is 1.08 bits per heavy atom. The topological polar surface area (TPSA) is 75.4 Å². The van der Waals surface area contributed by atoms with Gasteiger partial charge < -0.3 is 10.2 Å². The Kier molecular flexibility index (Phi) is 3.82. The molecular formula is C17H18N6O. The second kappa shape index (κ2) is 6.27. The Balaban J connectivity index is 1.69. The van der Waals surface area contributed by atoms with Gasteiger partial charge in [-0.25, -0.2) is 9.50 Å². The van der Waals surface area contributed by atoms with Crippen molar-refractivity contribution < 1.29 is 4.79 Å². The number of imidazole rings is 1. The van der Waals surface area contributed by atoms with E-state index in [2.05, 4.69) is 25.3 Å². The molecule has 3 heterocycles. The van der Waals surface area contributed by atoms with E-state index >= 15 is 0 Å². The highest BCUT2D eigenvalue weighted by Gasteiger charge is 2.17. The predicted molar refractivity (Wildman–Crippen MR) is 92.0 cm³/mol. The molecule has 2 aromatic heterocycles. The number of fused-ring (bicyclic) bond motifs is 1. The van der Waals surface area contributed by atoms with Crippen LogP contribution < -0.4 is 10.2 Å². The van der Waals surface area contributed by atoms with Crippen molar-refractivity contribution in [3.8, 4) is 0 Å². The van der Waals surface area contributed by atoms with Crippen molar-refractivity contribution in [2.45, 2.75) is 19.3 Å². The second-order valence-electron chi connectivity index (χ2n) is 5.87. The van der Waals surface area contributed by atoms with Crippen LogP contribution in [0.15, 0.2) is 36.7 Å². The fourth-order valence-corrected chi connectivity index (χ4v) is 2.91. The van der Waals surface area contributed by atoms with E-state index in [1.54, 1.807) is 22.8 Å². The van der Waals surface area contributed by atoms with Gasteiger partial charge in [0.1, 0.15) is 6.29 Å². The SMILES string of the molecule is O=Cc1ccc(Nc2nc(N3CCCCC3)nn3ccnc23)cc1. The number of hydrogen-bond donors (Lipinski definition) is 1. The smallest absolute Gasteiger partial charge is 0.245 e. The van der Waals surface area contributed by atoms with Gasteiger partial charge in [0, 0.05) is 36.7 Å². The molecule has 0 bridgehead atoms. The monoisotopic (exact) mass is 322 g/mol. The predicted octanol–water partition coefficient (Wildman–Crippen LogP) is 2.67. The average Bonchev–Trinajstić information content (AvgIpc) is 3.12. The molecule has 0 aliphatic carbocycles. The van der Waals surface area contributed by atoms with E-state index < -0.39 is 0 Å². The Bertz CT molecular complexity index is 851. The second-order valence-corrected chi connectivity index (χ2v) is 5.87. The van der Waals surface area contributed by atoms with Crippen LogP contribution in [-0.2, 0) is 0 Å². The zero-order chi connectivity index (χ0) is 16.4. The van der Waals surface area contributed by atoms with Gasteiger partial charge in [0.15, 0.2) is 11.5 Å². The van der Waals surface area contributed by atoms with Gasteiger partial charge in [-0.15, -0.1) is 5.10 Å². The number of benzene rings is 1. The molecule has 1 aliphatic heterocycles. The molecule has 4 rings (SSSR count). The number of carbonyl (C=O) groups excluding carboxylic acids is 1. The number of aldehydes is 1. The summed E-state index contributed by atoms with van der Waals surface area (Å²) >= 11 is 0. The van der Waals surface area contributed by atoms with Crippen LogP contribution in [-0.4, -0.2) is 39.0 Å². The standard InChI is InChI=1S/C17H18N6O/c24-12-13-4-6-14(7-5-13)19-15-16-18-8-11-23(16)21-17(20-15)22-9-2-1-3-10-22/h4-8,11-12H,1-3,9-10H2,(H,19,20,21). The number of nitrogens with one attached hydrogen (secondary N) is 1. The zero-order valence-corrected chi connectivity index (χ0v) is 13.2. The van der Waals surface area contributed by atoms with E-state index in [0.29, 0.717) is 23.0 Å². The Morgan fingerprint density at radius 2 is 1.88 bits per heavy atom. The summed E-state index contributed by atoms with van der Waals surface area (Å²) in [6.45, 7) is 1.96. The summed E-state index contributed by atoms with van der Waals surface area (Å²) in [4.78, 5) is 22.0. The lowest BCUT2D eigenvalue weighted by Crippen LogP contribution is -2.31. The molecule has 24 heavy (non-hydrogen) atoms. The van der Waals surface area contributed by atoms with Gasteiger partial charge in [-0.2, -0.15) is 4.98 Å². The summed E-state index contributed by atoms with van der Waals surface area (Å²) in [5.41, 5.74) is 2.17. The van der Waals surface area contributed by atoms with Crippen molar-refractivity contribution in [3.63, 3.8) is 0 Å². The van der Waals surface area contributed by atoms with Crippen molar-refractivity contribution >= 4 is 29.4 Å². The summed E-state index contributed by atoms with van der Waals surface area (Å²) in [6, 6.07) is 7.24. The molecule has 0 amide bonds. The fourth-order valence-electron chi connectivity index (χ4n) is 2.91. The molecule has 0 saturated carbocycles. The van der Waals surface area contributed by atoms with Gasteiger partial charge in [-0.3, -0.25) is 4.79 Å². The quantitative estimate of drug-likeness (QED) is 0.744. The molecule has 1 fully saturated rings. The molecular weight excluding hydrogens is 304 g/mol. The molecule has 0 unspecified atom stereocenters. The molecule has 0 radical (unpaired) electrons. The molecule has 7 nitrogen and oxygen atoms in total. The van der Waals surface area contributed by atoms with E-state index in [1.165, 1.54) is 19.3 Å². The highest BCUT2D eigenvalue weighted by molar-refractivity contribution is 5.77. The molecule has 0 atom stereocenters. The summed E-state index contributed by atoms with van der Waals surface area (Å²) in [6.07, 6.45) is 7.96. The number of piperidine rings is 1. The number of carbonyl (C=O) groups is 1. The summed E-state index contributed by atoms with van der Waals surface area (Å²) in [5, 5.41) is 7.86. The maximum Gasteiger partial charge on any atom is 0.245 e. The van der Waals surface area contributed by atoms with Crippen LogP contribution in [0.1, 0.15) is 29.6 Å². The van der Waals surface area contributed by atoms with Crippen LogP contribution in [0.5, 0.6) is 0 Å². The van der Waals surface area contributed by atoms with Gasteiger partial charge in [0.05, 0.1) is 0 Å². The van der Waals surface area contributed by atoms with Crippen LogP contribution in [0.25, 0.3) is 5.65 Å². The minimum absolute atomic E-state index is 0.642. The van der Waals surface area contributed by atoms with Crippen LogP contribution in [0.3, 0.4) is 0 Å². The first-order valence-corrected chi connectivity index (χ1v) is 8.12. The van der Waals surface area contributed by atoms with Gasteiger partial charge in [-0.05, 0) is 43.5 Å². The molecule has 0 spiro atoms. The highest BCUT2D eigenvalue weighted by atomic mass is 16.1. The third-order valence-electron chi connectivity index (χ3n) is 4.19. The third kappa shape index (κ3) is 2.80. The summed E-state index contributed by atoms with van der Waals surface area (Å²) in [5.74, 6) is 1.38. The number of rotatable bonds is 4. The van der Waals surface area contributed by atoms with Crippen molar-refractivity contribution in [1.82, 2.24) is 19.6 Å². The lowest BCUT2D eigenvalue weighted by Gasteiger charge is -2.26. The first-order valence-electron chi connectivity index (χ1n) is 8.12. The van der Waals surface area contributed by atoms with E-state index in [4.69, 9.17) is 0 Å². The Hall–Kier alpha value is -2.96. The van der Waals surface area contributed by atoms with Crippen molar-refractivity contribution in [1.29, 1.82) is 0 Å². The summed E-state index contributed by atoms with van der Waals surface area (Å²) < 4.78 is 1.75.